The third kappa shape index (κ3) is 2.94. The summed E-state index contributed by atoms with van der Waals surface area (Å²) >= 11 is 0. The summed E-state index contributed by atoms with van der Waals surface area (Å²) in [4.78, 5) is 26.3. The van der Waals surface area contributed by atoms with Gasteiger partial charge in [-0.3, -0.25) is 9.36 Å². The minimum absolute atomic E-state index is 0.0759. The molecule has 0 amide bonds. The van der Waals surface area contributed by atoms with Crippen molar-refractivity contribution in [3.8, 4) is 0 Å². The maximum atomic E-state index is 13.1. The van der Waals surface area contributed by atoms with Gasteiger partial charge in [-0.15, -0.1) is 0 Å². The number of anilines is 1. The topological polar surface area (TPSA) is 101 Å². The molecule has 1 N–H and O–H groups in total. The van der Waals surface area contributed by atoms with Crippen LogP contribution in [0.25, 0.3) is 0 Å². The quantitative estimate of drug-likeness (QED) is 0.665. The highest BCUT2D eigenvalue weighted by molar-refractivity contribution is 5.73. The molecule has 0 spiro atoms. The van der Waals surface area contributed by atoms with Crippen LogP contribution in [0.4, 0.5) is 24.8 Å². The Morgan fingerprint density at radius 3 is 2.48 bits per heavy atom. The largest absolute Gasteiger partial charge is 0.481 e. The Bertz CT molecular complexity index is 643. The molecule has 1 aromatic rings. The van der Waals surface area contributed by atoms with E-state index in [1.165, 1.54) is 11.5 Å². The van der Waals surface area contributed by atoms with Crippen molar-refractivity contribution in [3.63, 3.8) is 0 Å². The zero-order chi connectivity index (χ0) is 17.5. The number of hydrogen-bond acceptors (Lipinski definition) is 5. The molecule has 23 heavy (non-hydrogen) atoms. The zero-order valence-corrected chi connectivity index (χ0v) is 12.4. The van der Waals surface area contributed by atoms with Crippen molar-refractivity contribution in [1.29, 1.82) is 0 Å². The summed E-state index contributed by atoms with van der Waals surface area (Å²) in [6.07, 6.45) is -4.70. The SMILES string of the molecule is CCn1c(C)nc([N+](=O)[O-])c1N1C[C@@H](C(F)(F)F)[C@H](C(=O)O)C1. The maximum Gasteiger partial charge on any atom is 0.406 e. The normalized spacial score (nSPS) is 21.7. The molecule has 1 aliphatic rings. The van der Waals surface area contributed by atoms with E-state index in [2.05, 4.69) is 4.98 Å². The lowest BCUT2D eigenvalue weighted by Gasteiger charge is -2.19. The second-order valence-corrected chi connectivity index (χ2v) is 5.31. The number of carbonyl (C=O) groups is 1. The van der Waals surface area contributed by atoms with Gasteiger partial charge < -0.3 is 20.1 Å². The summed E-state index contributed by atoms with van der Waals surface area (Å²) in [5.74, 6) is -5.67. The minimum Gasteiger partial charge on any atom is -0.481 e. The summed E-state index contributed by atoms with van der Waals surface area (Å²) < 4.78 is 40.6. The Hall–Kier alpha value is -2.33. The molecule has 8 nitrogen and oxygen atoms in total. The van der Waals surface area contributed by atoms with Crippen molar-refractivity contribution in [1.82, 2.24) is 9.55 Å². The predicted octanol–water partition coefficient (Wildman–Crippen LogP) is 1.82. The predicted molar refractivity (Wildman–Crippen MR) is 72.2 cm³/mol. The molecule has 1 aromatic heterocycles. The monoisotopic (exact) mass is 336 g/mol. The molecule has 0 aliphatic carbocycles. The first-order valence-corrected chi connectivity index (χ1v) is 6.83. The fraction of sp³-hybridized carbons (Fsp3) is 0.667. The van der Waals surface area contributed by atoms with Crippen molar-refractivity contribution < 1.29 is 28.0 Å². The highest BCUT2D eigenvalue weighted by Crippen LogP contribution is 2.41. The van der Waals surface area contributed by atoms with E-state index >= 15 is 0 Å². The third-order valence-electron chi connectivity index (χ3n) is 3.96. The summed E-state index contributed by atoms with van der Waals surface area (Å²) in [6.45, 7) is 2.35. The number of carboxylic acids is 1. The van der Waals surface area contributed by atoms with Crippen molar-refractivity contribution in [3.05, 3.63) is 15.9 Å². The summed E-state index contributed by atoms with van der Waals surface area (Å²) in [5.41, 5.74) is 0. The van der Waals surface area contributed by atoms with E-state index in [1.807, 2.05) is 0 Å². The van der Waals surface area contributed by atoms with Crippen LogP contribution in [-0.4, -0.2) is 44.8 Å². The number of nitrogens with zero attached hydrogens (tertiary/aromatic N) is 4. The Balaban J connectivity index is 2.48. The van der Waals surface area contributed by atoms with E-state index in [9.17, 15) is 28.1 Å². The zero-order valence-electron chi connectivity index (χ0n) is 12.4. The first-order chi connectivity index (χ1) is 10.6. The van der Waals surface area contributed by atoms with E-state index in [1.54, 1.807) is 6.92 Å². The first kappa shape index (κ1) is 17.0. The lowest BCUT2D eigenvalue weighted by atomic mass is 9.96. The fourth-order valence-electron chi connectivity index (χ4n) is 2.91. The smallest absolute Gasteiger partial charge is 0.406 e. The van der Waals surface area contributed by atoms with E-state index in [0.29, 0.717) is 0 Å². The summed E-state index contributed by atoms with van der Waals surface area (Å²) in [5, 5.41) is 20.2. The molecular formula is C12H15F3N4O4. The number of halogens is 3. The molecule has 0 radical (unpaired) electrons. The van der Waals surface area contributed by atoms with Crippen molar-refractivity contribution >= 4 is 17.6 Å². The Labute approximate surface area is 128 Å². The number of hydrogen-bond donors (Lipinski definition) is 1. The van der Waals surface area contributed by atoms with Gasteiger partial charge in [0.25, 0.3) is 0 Å². The number of alkyl halides is 3. The van der Waals surface area contributed by atoms with Crippen LogP contribution >= 0.6 is 0 Å². The Kier molecular flexibility index (Phi) is 4.22. The number of aryl methyl sites for hydroxylation is 1. The van der Waals surface area contributed by atoms with Crippen LogP contribution in [0.3, 0.4) is 0 Å². The molecular weight excluding hydrogens is 321 g/mol. The fourth-order valence-corrected chi connectivity index (χ4v) is 2.91. The van der Waals surface area contributed by atoms with Crippen LogP contribution < -0.4 is 4.90 Å². The van der Waals surface area contributed by atoms with E-state index in [4.69, 9.17) is 5.11 Å². The third-order valence-corrected chi connectivity index (χ3v) is 3.96. The van der Waals surface area contributed by atoms with Crippen molar-refractivity contribution in [2.45, 2.75) is 26.6 Å². The van der Waals surface area contributed by atoms with E-state index in [0.717, 1.165) is 4.90 Å². The number of aromatic nitrogens is 2. The van der Waals surface area contributed by atoms with Gasteiger partial charge in [0, 0.05) is 26.6 Å². The van der Waals surface area contributed by atoms with Crippen LogP contribution in [0, 0.1) is 28.9 Å². The van der Waals surface area contributed by atoms with Gasteiger partial charge in [-0.1, -0.05) is 0 Å². The van der Waals surface area contributed by atoms with Crippen LogP contribution in [0.2, 0.25) is 0 Å². The van der Waals surface area contributed by atoms with E-state index < -0.39 is 47.8 Å². The molecule has 128 valence electrons. The Morgan fingerprint density at radius 1 is 1.48 bits per heavy atom. The van der Waals surface area contributed by atoms with Gasteiger partial charge in [0.1, 0.15) is 0 Å². The molecule has 2 atom stereocenters. The van der Waals surface area contributed by atoms with Crippen molar-refractivity contribution in [2.24, 2.45) is 11.8 Å². The molecule has 0 saturated carbocycles. The van der Waals surface area contributed by atoms with Gasteiger partial charge in [-0.05, 0) is 16.8 Å². The summed E-state index contributed by atoms with van der Waals surface area (Å²) in [6, 6.07) is 0. The van der Waals surface area contributed by atoms with Gasteiger partial charge in [0.05, 0.1) is 11.8 Å². The lowest BCUT2D eigenvalue weighted by molar-refractivity contribution is -0.388. The average Bonchev–Trinajstić information content (AvgIpc) is 2.98. The molecule has 11 heteroatoms. The molecule has 2 heterocycles. The van der Waals surface area contributed by atoms with Crippen LogP contribution in [0.15, 0.2) is 0 Å². The standard InChI is InChI=1S/C12H15F3N4O4/c1-3-18-6(2)16-9(19(22)23)10(18)17-4-7(11(20)21)8(5-17)12(13,14)15/h7-8H,3-5H2,1-2H3,(H,20,21)/t7-,8-/m1/s1. The van der Waals surface area contributed by atoms with E-state index in [-0.39, 0.29) is 18.2 Å². The highest BCUT2D eigenvalue weighted by Gasteiger charge is 2.54. The Morgan fingerprint density at radius 2 is 2.09 bits per heavy atom. The van der Waals surface area contributed by atoms with Crippen LogP contribution in [-0.2, 0) is 11.3 Å². The lowest BCUT2D eigenvalue weighted by Crippen LogP contribution is -2.33. The van der Waals surface area contributed by atoms with Gasteiger partial charge in [0.15, 0.2) is 0 Å². The first-order valence-electron chi connectivity index (χ1n) is 6.83. The molecule has 1 fully saturated rings. The number of aliphatic carboxylic acids is 1. The number of rotatable bonds is 4. The molecule has 0 unspecified atom stereocenters. The number of imidazole rings is 1. The maximum absolute atomic E-state index is 13.1. The molecule has 1 aliphatic heterocycles. The van der Waals surface area contributed by atoms with Gasteiger partial charge >= 0.3 is 18.0 Å². The number of carboxylic acid groups (broad SMARTS) is 1. The number of nitro groups is 1. The van der Waals surface area contributed by atoms with Crippen LogP contribution in [0.5, 0.6) is 0 Å². The van der Waals surface area contributed by atoms with Crippen LogP contribution in [0.1, 0.15) is 12.7 Å². The van der Waals surface area contributed by atoms with Gasteiger partial charge in [0.2, 0.25) is 11.6 Å². The minimum atomic E-state index is -4.70. The average molecular weight is 336 g/mol. The highest BCUT2D eigenvalue weighted by atomic mass is 19.4. The molecule has 0 aromatic carbocycles. The molecule has 2 rings (SSSR count). The summed E-state index contributed by atoms with van der Waals surface area (Å²) in [7, 11) is 0. The second-order valence-electron chi connectivity index (χ2n) is 5.31. The molecule has 0 bridgehead atoms. The van der Waals surface area contributed by atoms with Crippen molar-refractivity contribution in [2.75, 3.05) is 18.0 Å². The second kappa shape index (κ2) is 5.70. The van der Waals surface area contributed by atoms with Gasteiger partial charge in [-0.2, -0.15) is 13.2 Å². The van der Waals surface area contributed by atoms with Gasteiger partial charge in [-0.25, -0.2) is 0 Å². The molecule has 1 saturated heterocycles.